The number of nitrogens with two attached hydrogens (primary N) is 1. The molecule has 0 saturated heterocycles. The molecule has 0 amide bonds. The monoisotopic (exact) mass is 405 g/mol. The molecule has 1 nitrogen and oxygen atoms in total. The molecule has 0 fully saturated rings. The van der Waals surface area contributed by atoms with E-state index in [9.17, 15) is 0 Å². The molecule has 13 heavy (non-hydrogen) atoms. The Hall–Kier alpha value is 1.16. The number of halogens is 2. The van der Waals surface area contributed by atoms with E-state index in [1.165, 1.54) is 12.0 Å². The summed E-state index contributed by atoms with van der Waals surface area (Å²) in [5.74, 6) is 0.609. The molecule has 1 rings (SSSR count). The molecule has 0 aromatic heterocycles. The molecule has 0 bridgehead atoms. The second-order valence-electron chi connectivity index (χ2n) is 3.80. The molecule has 1 aliphatic carbocycles. The van der Waals surface area contributed by atoms with E-state index in [-0.39, 0.29) is 0 Å². The minimum atomic E-state index is 0.358. The fourth-order valence-corrected chi connectivity index (χ4v) is 3.42. The van der Waals surface area contributed by atoms with Gasteiger partial charge in [0.25, 0.3) is 0 Å². The second kappa shape index (κ2) is 5.30. The summed E-state index contributed by atoms with van der Waals surface area (Å²) in [4.78, 5) is 0. The first-order chi connectivity index (χ1) is 6.06. The van der Waals surface area contributed by atoms with Crippen LogP contribution in [0.15, 0.2) is 11.6 Å². The van der Waals surface area contributed by atoms with E-state index in [1.54, 1.807) is 0 Å². The molecular weight excluding hydrogens is 388 g/mol. The first kappa shape index (κ1) is 12.2. The lowest BCUT2D eigenvalue weighted by molar-refractivity contribution is 0.444. The fourth-order valence-electron chi connectivity index (χ4n) is 1.76. The number of hydrogen-bond acceptors (Lipinski definition) is 1. The Balaban J connectivity index is 2.71. The standard InChI is InChI=1S/C10H17I2N/c1-3-9(13)7-4-6(2)10(12)8(11)5-7/h4,7-10H,3,5,13H2,1-2H3. The van der Waals surface area contributed by atoms with Gasteiger partial charge in [-0.1, -0.05) is 63.8 Å². The first-order valence-corrected chi connectivity index (χ1v) is 7.27. The fraction of sp³-hybridized carbons (Fsp3) is 0.800. The third-order valence-electron chi connectivity index (χ3n) is 2.75. The molecule has 4 atom stereocenters. The van der Waals surface area contributed by atoms with Crippen molar-refractivity contribution in [2.75, 3.05) is 0 Å². The molecule has 0 aromatic rings. The van der Waals surface area contributed by atoms with Crippen LogP contribution in [-0.4, -0.2) is 13.9 Å². The van der Waals surface area contributed by atoms with Crippen LogP contribution >= 0.6 is 45.2 Å². The first-order valence-electron chi connectivity index (χ1n) is 4.78. The van der Waals surface area contributed by atoms with Crippen LogP contribution in [0.2, 0.25) is 0 Å². The van der Waals surface area contributed by atoms with Gasteiger partial charge in [0.05, 0.1) is 0 Å². The van der Waals surface area contributed by atoms with Gasteiger partial charge in [-0.25, -0.2) is 0 Å². The van der Waals surface area contributed by atoms with Gasteiger partial charge in [0.2, 0.25) is 0 Å². The average molecular weight is 405 g/mol. The van der Waals surface area contributed by atoms with Crippen LogP contribution in [0.3, 0.4) is 0 Å². The highest BCUT2D eigenvalue weighted by atomic mass is 127. The lowest BCUT2D eigenvalue weighted by atomic mass is 9.85. The van der Waals surface area contributed by atoms with Crippen molar-refractivity contribution >= 4 is 45.2 Å². The maximum Gasteiger partial charge on any atom is 0.0434 e. The van der Waals surface area contributed by atoms with E-state index >= 15 is 0 Å². The Labute approximate surface area is 108 Å². The zero-order valence-corrected chi connectivity index (χ0v) is 12.4. The maximum absolute atomic E-state index is 6.07. The Kier molecular flexibility index (Phi) is 4.99. The van der Waals surface area contributed by atoms with Gasteiger partial charge in [0, 0.05) is 13.9 Å². The minimum Gasteiger partial charge on any atom is -0.327 e. The third kappa shape index (κ3) is 3.06. The van der Waals surface area contributed by atoms with Gasteiger partial charge < -0.3 is 5.73 Å². The largest absolute Gasteiger partial charge is 0.327 e. The van der Waals surface area contributed by atoms with Crippen LogP contribution in [0.25, 0.3) is 0 Å². The van der Waals surface area contributed by atoms with E-state index in [1.807, 2.05) is 0 Å². The maximum atomic E-state index is 6.07. The zero-order chi connectivity index (χ0) is 10.0. The molecule has 0 aliphatic heterocycles. The third-order valence-corrected chi connectivity index (χ3v) is 7.20. The molecule has 4 unspecified atom stereocenters. The van der Waals surface area contributed by atoms with Crippen molar-refractivity contribution in [3.05, 3.63) is 11.6 Å². The lowest BCUT2D eigenvalue weighted by Crippen LogP contribution is -2.35. The molecule has 76 valence electrons. The molecule has 0 spiro atoms. The van der Waals surface area contributed by atoms with E-state index in [4.69, 9.17) is 5.73 Å². The number of alkyl halides is 2. The Morgan fingerprint density at radius 1 is 1.62 bits per heavy atom. The molecule has 0 saturated carbocycles. The molecule has 3 heteroatoms. The summed E-state index contributed by atoms with van der Waals surface area (Å²) in [6.45, 7) is 4.41. The van der Waals surface area contributed by atoms with Crippen LogP contribution < -0.4 is 5.73 Å². The SMILES string of the molecule is CCC(N)C1C=C(C)C(I)C(I)C1. The normalized spacial score (nSPS) is 37.0. The van der Waals surface area contributed by atoms with Crippen LogP contribution in [0.1, 0.15) is 26.7 Å². The summed E-state index contributed by atoms with van der Waals surface area (Å²) in [5.41, 5.74) is 7.58. The van der Waals surface area contributed by atoms with Crippen molar-refractivity contribution in [1.82, 2.24) is 0 Å². The van der Waals surface area contributed by atoms with Gasteiger partial charge >= 0.3 is 0 Å². The molecular formula is C10H17I2N. The predicted octanol–water partition coefficient (Wildman–Crippen LogP) is 3.30. The van der Waals surface area contributed by atoms with Crippen LogP contribution in [0, 0.1) is 5.92 Å². The molecule has 0 radical (unpaired) electrons. The van der Waals surface area contributed by atoms with E-state index in [0.717, 1.165) is 10.3 Å². The predicted molar refractivity (Wildman–Crippen MR) is 75.7 cm³/mol. The smallest absolute Gasteiger partial charge is 0.0434 e. The van der Waals surface area contributed by atoms with Gasteiger partial charge in [-0.3, -0.25) is 0 Å². The van der Waals surface area contributed by atoms with Gasteiger partial charge in [0.15, 0.2) is 0 Å². The summed E-state index contributed by atoms with van der Waals surface area (Å²) >= 11 is 5.10. The lowest BCUT2D eigenvalue weighted by Gasteiger charge is -2.31. The van der Waals surface area contributed by atoms with Crippen molar-refractivity contribution in [3.63, 3.8) is 0 Å². The molecule has 1 aliphatic rings. The van der Waals surface area contributed by atoms with Crippen molar-refractivity contribution in [1.29, 1.82) is 0 Å². The topological polar surface area (TPSA) is 26.0 Å². The summed E-state index contributed by atoms with van der Waals surface area (Å²) in [6, 6.07) is 0.358. The zero-order valence-electron chi connectivity index (χ0n) is 8.13. The van der Waals surface area contributed by atoms with Gasteiger partial charge in [0.1, 0.15) is 0 Å². The highest BCUT2D eigenvalue weighted by Crippen LogP contribution is 2.35. The summed E-state index contributed by atoms with van der Waals surface area (Å²) in [7, 11) is 0. The summed E-state index contributed by atoms with van der Waals surface area (Å²) < 4.78 is 1.46. The van der Waals surface area contributed by atoms with Crippen LogP contribution in [-0.2, 0) is 0 Å². The van der Waals surface area contributed by atoms with Crippen molar-refractivity contribution in [2.45, 2.75) is 40.6 Å². The quantitative estimate of drug-likeness (QED) is 0.426. The molecule has 0 aromatic carbocycles. The van der Waals surface area contributed by atoms with Gasteiger partial charge in [-0.05, 0) is 25.7 Å². The number of rotatable bonds is 2. The summed E-state index contributed by atoms with van der Waals surface area (Å²) in [5, 5.41) is 0. The Morgan fingerprint density at radius 2 is 2.23 bits per heavy atom. The minimum absolute atomic E-state index is 0.358. The van der Waals surface area contributed by atoms with Gasteiger partial charge in [-0.15, -0.1) is 0 Å². The highest BCUT2D eigenvalue weighted by molar-refractivity contribution is 14.1. The second-order valence-corrected chi connectivity index (χ2v) is 6.74. The van der Waals surface area contributed by atoms with Crippen molar-refractivity contribution in [3.8, 4) is 0 Å². The molecule has 2 N–H and O–H groups in total. The summed E-state index contributed by atoms with van der Waals surface area (Å²) in [6.07, 6.45) is 4.73. The number of hydrogen-bond donors (Lipinski definition) is 1. The van der Waals surface area contributed by atoms with Crippen molar-refractivity contribution in [2.24, 2.45) is 11.7 Å². The van der Waals surface area contributed by atoms with Crippen molar-refractivity contribution < 1.29 is 0 Å². The van der Waals surface area contributed by atoms with Gasteiger partial charge in [-0.2, -0.15) is 0 Å². The van der Waals surface area contributed by atoms with Crippen LogP contribution in [0.5, 0.6) is 0 Å². The Morgan fingerprint density at radius 3 is 2.69 bits per heavy atom. The van der Waals surface area contributed by atoms with E-state index < -0.39 is 0 Å². The Bertz CT molecular complexity index is 203. The molecule has 0 heterocycles. The van der Waals surface area contributed by atoms with Crippen LogP contribution in [0.4, 0.5) is 0 Å². The average Bonchev–Trinajstić information content (AvgIpc) is 2.12. The van der Waals surface area contributed by atoms with E-state index in [2.05, 4.69) is 65.1 Å². The highest BCUT2D eigenvalue weighted by Gasteiger charge is 2.28. The van der Waals surface area contributed by atoms with E-state index in [0.29, 0.717) is 15.9 Å². The number of allylic oxidation sites excluding steroid dienone is 1.